The van der Waals surface area contributed by atoms with Crippen molar-refractivity contribution in [2.45, 2.75) is 38.5 Å². The second-order valence-corrected chi connectivity index (χ2v) is 14.8. The van der Waals surface area contributed by atoms with Crippen molar-refractivity contribution in [2.75, 3.05) is 43.4 Å². The predicted octanol–water partition coefficient (Wildman–Crippen LogP) is 10.7. The number of carbonyl (C=O) groups excluding carboxylic acids is 1. The van der Waals surface area contributed by atoms with Crippen molar-refractivity contribution in [3.05, 3.63) is 155 Å². The molecule has 1 N–H and O–H groups in total. The second kappa shape index (κ2) is 13.6. The van der Waals surface area contributed by atoms with E-state index in [-0.39, 0.29) is 5.91 Å². The average Bonchev–Trinajstić information content (AvgIpc) is 3.20. The minimum atomic E-state index is -0.0738. The van der Waals surface area contributed by atoms with E-state index in [1.54, 1.807) is 0 Å². The minimum Gasteiger partial charge on any atom is -0.369 e. The van der Waals surface area contributed by atoms with E-state index in [9.17, 15) is 4.79 Å². The molecule has 0 radical (unpaired) electrons. The fourth-order valence-corrected chi connectivity index (χ4v) is 8.64. The van der Waals surface area contributed by atoms with E-state index in [1.165, 1.54) is 49.5 Å². The van der Waals surface area contributed by atoms with E-state index in [1.807, 2.05) is 12.1 Å². The van der Waals surface area contributed by atoms with Crippen LogP contribution < -0.4 is 10.2 Å². The lowest BCUT2D eigenvalue weighted by Crippen LogP contribution is -2.44. The van der Waals surface area contributed by atoms with Gasteiger partial charge in [0.15, 0.2) is 0 Å². The summed E-state index contributed by atoms with van der Waals surface area (Å²) in [6.45, 7) is 6.55. The Labute approximate surface area is 306 Å². The monoisotopic (exact) mass is 679 g/mol. The molecule has 258 valence electrons. The molecule has 7 aromatic carbocycles. The Morgan fingerprint density at radius 2 is 1.40 bits per heavy atom. The number of piperazine rings is 1. The molecule has 1 atom stereocenters. The maximum Gasteiger partial charge on any atom is 0.255 e. The van der Waals surface area contributed by atoms with Crippen LogP contribution in [0, 0.1) is 0 Å². The maximum atomic E-state index is 13.9. The molecule has 1 amide bonds. The number of benzene rings is 7. The molecule has 9 rings (SSSR count). The summed E-state index contributed by atoms with van der Waals surface area (Å²) < 4.78 is 0. The predicted molar refractivity (Wildman–Crippen MR) is 219 cm³/mol. The van der Waals surface area contributed by atoms with Gasteiger partial charge in [-0.3, -0.25) is 4.79 Å². The largest absolute Gasteiger partial charge is 0.369 e. The highest BCUT2D eigenvalue weighted by atomic mass is 16.1. The summed E-state index contributed by atoms with van der Waals surface area (Å²) in [4.78, 5) is 18.8. The molecule has 4 heteroatoms. The molecule has 4 nitrogen and oxygen atoms in total. The Morgan fingerprint density at radius 3 is 2.19 bits per heavy atom. The topological polar surface area (TPSA) is 35.6 Å². The first-order chi connectivity index (χ1) is 25.5. The van der Waals surface area contributed by atoms with Crippen LogP contribution in [0.4, 0.5) is 11.4 Å². The van der Waals surface area contributed by atoms with Crippen molar-refractivity contribution in [3.63, 3.8) is 0 Å². The zero-order chi connectivity index (χ0) is 35.2. The normalized spacial score (nSPS) is 16.3. The Bertz CT molecular complexity index is 2440. The summed E-state index contributed by atoms with van der Waals surface area (Å²) in [6, 6.07) is 46.0. The Morgan fingerprint density at radius 1 is 0.692 bits per heavy atom. The molecule has 1 heterocycles. The van der Waals surface area contributed by atoms with Crippen molar-refractivity contribution in [1.29, 1.82) is 0 Å². The van der Waals surface area contributed by atoms with E-state index in [4.69, 9.17) is 0 Å². The number of likely N-dealkylation sites (N-methyl/N-ethyl adjacent to an activating group) is 1. The molecule has 2 aliphatic rings. The molecule has 1 unspecified atom stereocenters. The number of anilines is 2. The zero-order valence-electron chi connectivity index (χ0n) is 30.2. The Balaban J connectivity index is 0.998. The first-order valence-corrected chi connectivity index (χ1v) is 19.0. The smallest absolute Gasteiger partial charge is 0.255 e. The van der Waals surface area contributed by atoms with Gasteiger partial charge >= 0.3 is 0 Å². The third-order valence-corrected chi connectivity index (χ3v) is 11.8. The van der Waals surface area contributed by atoms with Crippen LogP contribution in [-0.4, -0.2) is 44.0 Å². The highest BCUT2D eigenvalue weighted by Crippen LogP contribution is 2.42. The van der Waals surface area contributed by atoms with Gasteiger partial charge in [0.05, 0.1) is 5.69 Å². The van der Waals surface area contributed by atoms with Crippen LogP contribution in [0.1, 0.15) is 51.9 Å². The number of hydrogen-bond acceptors (Lipinski definition) is 3. The van der Waals surface area contributed by atoms with E-state index >= 15 is 0 Å². The first kappa shape index (κ1) is 32.5. The molecule has 1 aliphatic carbocycles. The van der Waals surface area contributed by atoms with Gasteiger partial charge in [0.1, 0.15) is 0 Å². The first-order valence-electron chi connectivity index (χ1n) is 19.0. The van der Waals surface area contributed by atoms with E-state index in [2.05, 4.69) is 144 Å². The standard InChI is InChI=1S/C48H45N3O/c1-3-32-8-10-33(11-9-32)34-12-14-36(15-13-34)48(52)49-47-43-7-5-4-6-35(43)16-22-44(47)38-17-21-41-37(30-38)18-23-46-42-25-20-40(31-39(42)19-24-45(41)46)51-28-26-50(2)27-29-51/h4-16,18-20,22-25,31,38H,3,17,21,26-30H2,1-2H3,(H,49,52). The van der Waals surface area contributed by atoms with E-state index in [0.29, 0.717) is 11.5 Å². The van der Waals surface area contributed by atoms with Crippen molar-refractivity contribution in [3.8, 4) is 11.1 Å². The number of rotatable bonds is 6. The van der Waals surface area contributed by atoms with Crippen molar-refractivity contribution in [1.82, 2.24) is 4.90 Å². The summed E-state index contributed by atoms with van der Waals surface area (Å²) in [5, 5.41) is 11.0. The van der Waals surface area contributed by atoms with Gasteiger partial charge in [-0.1, -0.05) is 110 Å². The van der Waals surface area contributed by atoms with Gasteiger partial charge in [0.2, 0.25) is 0 Å². The van der Waals surface area contributed by atoms with Crippen LogP contribution in [0.15, 0.2) is 127 Å². The van der Waals surface area contributed by atoms with Gasteiger partial charge in [-0.2, -0.15) is 0 Å². The highest BCUT2D eigenvalue weighted by Gasteiger charge is 2.26. The summed E-state index contributed by atoms with van der Waals surface area (Å²) >= 11 is 0. The molecule has 7 aromatic rings. The third-order valence-electron chi connectivity index (χ3n) is 11.8. The number of nitrogens with zero attached hydrogens (tertiary/aromatic N) is 2. The number of hydrogen-bond donors (Lipinski definition) is 1. The van der Waals surface area contributed by atoms with Crippen LogP contribution in [0.5, 0.6) is 0 Å². The SMILES string of the molecule is CCc1ccc(-c2ccc(C(=O)Nc3c(C4CCc5c(ccc6c5ccc5cc(N7CCN(C)CC7)ccc56)C4)ccc4ccccc34)cc2)cc1. The number of nitrogens with one attached hydrogen (secondary N) is 1. The summed E-state index contributed by atoms with van der Waals surface area (Å²) in [7, 11) is 2.21. The molecule has 1 saturated heterocycles. The minimum absolute atomic E-state index is 0.0738. The molecule has 0 bridgehead atoms. The van der Waals surface area contributed by atoms with Crippen LogP contribution in [0.2, 0.25) is 0 Å². The quantitative estimate of drug-likeness (QED) is 0.178. The summed E-state index contributed by atoms with van der Waals surface area (Å²) in [6.07, 6.45) is 4.04. The van der Waals surface area contributed by atoms with E-state index < -0.39 is 0 Å². The maximum absolute atomic E-state index is 13.9. The molecule has 52 heavy (non-hydrogen) atoms. The van der Waals surface area contributed by atoms with Crippen LogP contribution in [0.3, 0.4) is 0 Å². The lowest BCUT2D eigenvalue weighted by atomic mass is 9.77. The molecule has 0 aromatic heterocycles. The lowest BCUT2D eigenvalue weighted by molar-refractivity contribution is 0.102. The molecule has 0 saturated carbocycles. The fourth-order valence-electron chi connectivity index (χ4n) is 8.64. The van der Waals surface area contributed by atoms with Gasteiger partial charge < -0.3 is 15.1 Å². The van der Waals surface area contributed by atoms with Gasteiger partial charge in [-0.15, -0.1) is 0 Å². The number of fused-ring (bicyclic) bond motifs is 6. The van der Waals surface area contributed by atoms with Crippen LogP contribution in [-0.2, 0) is 19.3 Å². The van der Waals surface area contributed by atoms with Crippen molar-refractivity contribution < 1.29 is 4.79 Å². The highest BCUT2D eigenvalue weighted by molar-refractivity contribution is 6.11. The fraction of sp³-hybridized carbons (Fsp3) is 0.229. The number of aryl methyl sites for hydroxylation is 2. The molecule has 1 aliphatic heterocycles. The van der Waals surface area contributed by atoms with Crippen molar-refractivity contribution >= 4 is 49.6 Å². The lowest BCUT2D eigenvalue weighted by Gasteiger charge is -2.34. The second-order valence-electron chi connectivity index (χ2n) is 14.8. The molecular weight excluding hydrogens is 635 g/mol. The van der Waals surface area contributed by atoms with Crippen LogP contribution in [0.25, 0.3) is 43.4 Å². The van der Waals surface area contributed by atoms with Gasteiger partial charge in [0.25, 0.3) is 5.91 Å². The summed E-state index contributed by atoms with van der Waals surface area (Å²) in [5.74, 6) is 0.236. The van der Waals surface area contributed by atoms with Gasteiger partial charge in [0, 0.05) is 42.8 Å². The van der Waals surface area contributed by atoms with Crippen molar-refractivity contribution in [2.24, 2.45) is 0 Å². The number of amides is 1. The molecular formula is C48H45N3O. The Kier molecular flexibility index (Phi) is 8.48. The molecule has 1 fully saturated rings. The van der Waals surface area contributed by atoms with Gasteiger partial charge in [-0.05, 0) is 123 Å². The third kappa shape index (κ3) is 6.01. The molecule has 0 spiro atoms. The van der Waals surface area contributed by atoms with Gasteiger partial charge in [-0.25, -0.2) is 0 Å². The number of carbonyl (C=O) groups is 1. The zero-order valence-corrected chi connectivity index (χ0v) is 30.2. The average molecular weight is 680 g/mol. The van der Waals surface area contributed by atoms with E-state index in [0.717, 1.165) is 79.4 Å². The van der Waals surface area contributed by atoms with Crippen LogP contribution >= 0.6 is 0 Å². The Hall–Kier alpha value is -5.45. The summed E-state index contributed by atoms with van der Waals surface area (Å²) in [5.41, 5.74) is 10.7.